The number of carbonyl (C=O) groups excluding carboxylic acids is 2. The quantitative estimate of drug-likeness (QED) is 0.651. The fraction of sp³-hybridized carbons (Fsp3) is 0.333. The zero-order valence-corrected chi connectivity index (χ0v) is 17.4. The number of rotatable bonds is 9. The smallest absolute Gasteiger partial charge is 0.254 e. The van der Waals surface area contributed by atoms with Crippen molar-refractivity contribution in [2.75, 3.05) is 32.1 Å². The van der Waals surface area contributed by atoms with Gasteiger partial charge in [0.25, 0.3) is 5.91 Å². The zero-order chi connectivity index (χ0) is 21.4. The van der Waals surface area contributed by atoms with Crippen molar-refractivity contribution in [2.24, 2.45) is 0 Å². The highest BCUT2D eigenvalue weighted by molar-refractivity contribution is 6.32. The molecule has 29 heavy (non-hydrogen) atoms. The molecule has 6 nitrogen and oxygen atoms in total. The van der Waals surface area contributed by atoms with Crippen molar-refractivity contribution in [3.63, 3.8) is 0 Å². The van der Waals surface area contributed by atoms with Gasteiger partial charge in [0.05, 0.1) is 24.8 Å². The third-order valence-corrected chi connectivity index (χ3v) is 4.14. The van der Waals surface area contributed by atoms with Crippen LogP contribution in [0.2, 0.25) is 5.02 Å². The lowest BCUT2D eigenvalue weighted by molar-refractivity contribution is -0.116. The van der Waals surface area contributed by atoms with E-state index in [1.54, 1.807) is 6.07 Å². The van der Waals surface area contributed by atoms with Crippen LogP contribution in [0.3, 0.4) is 0 Å². The highest BCUT2D eigenvalue weighted by Gasteiger charge is 2.20. The van der Waals surface area contributed by atoms with Crippen molar-refractivity contribution in [3.05, 3.63) is 52.8 Å². The van der Waals surface area contributed by atoms with Crippen molar-refractivity contribution < 1.29 is 23.5 Å². The molecule has 2 amide bonds. The van der Waals surface area contributed by atoms with Gasteiger partial charge in [-0.2, -0.15) is 0 Å². The van der Waals surface area contributed by atoms with Gasteiger partial charge in [-0.05, 0) is 49.7 Å². The number of nitrogens with zero attached hydrogens (tertiary/aromatic N) is 1. The molecule has 0 aliphatic carbocycles. The molecule has 2 rings (SSSR count). The van der Waals surface area contributed by atoms with Gasteiger partial charge in [-0.3, -0.25) is 9.59 Å². The molecular weight excluding hydrogens is 399 g/mol. The van der Waals surface area contributed by atoms with Crippen LogP contribution in [-0.4, -0.2) is 43.5 Å². The Balaban J connectivity index is 2.11. The fourth-order valence-corrected chi connectivity index (χ4v) is 2.81. The van der Waals surface area contributed by atoms with Crippen LogP contribution in [0.5, 0.6) is 11.5 Å². The average molecular weight is 423 g/mol. The number of halogens is 2. The Morgan fingerprint density at radius 2 is 1.83 bits per heavy atom. The molecule has 8 heteroatoms. The Hall–Kier alpha value is -2.80. The molecule has 0 heterocycles. The van der Waals surface area contributed by atoms with E-state index in [1.165, 1.54) is 42.3 Å². The van der Waals surface area contributed by atoms with Gasteiger partial charge in [-0.25, -0.2) is 4.39 Å². The van der Waals surface area contributed by atoms with Crippen molar-refractivity contribution in [3.8, 4) is 11.5 Å². The highest BCUT2D eigenvalue weighted by Crippen LogP contribution is 2.37. The second-order valence-corrected chi connectivity index (χ2v) is 6.69. The molecule has 1 N–H and O–H groups in total. The number of likely N-dealkylation sites (N-methyl/N-ethyl adjacent to an activating group) is 1. The molecule has 2 aromatic carbocycles. The van der Waals surface area contributed by atoms with E-state index in [-0.39, 0.29) is 17.1 Å². The first-order chi connectivity index (χ1) is 13.8. The Bertz CT molecular complexity index is 859. The Morgan fingerprint density at radius 1 is 1.14 bits per heavy atom. The number of ether oxygens (including phenoxy) is 2. The predicted octanol–water partition coefficient (Wildman–Crippen LogP) is 4.38. The highest BCUT2D eigenvalue weighted by atomic mass is 35.5. The topological polar surface area (TPSA) is 67.9 Å². The lowest BCUT2D eigenvalue weighted by Crippen LogP contribution is -2.35. The molecule has 0 saturated carbocycles. The van der Waals surface area contributed by atoms with Crippen LogP contribution in [0.25, 0.3) is 0 Å². The molecule has 0 bridgehead atoms. The SMILES string of the molecule is CCCOc1c(Cl)cc(C(=O)N(C)CC(=O)Nc2ccc(F)cc2)cc1OCC. The summed E-state index contributed by atoms with van der Waals surface area (Å²) in [5.74, 6) is -0.441. The van der Waals surface area contributed by atoms with Crippen LogP contribution in [0.15, 0.2) is 36.4 Å². The average Bonchev–Trinajstić information content (AvgIpc) is 2.68. The van der Waals surface area contributed by atoms with Gasteiger partial charge in [0, 0.05) is 18.3 Å². The molecule has 0 aliphatic rings. The molecule has 2 aromatic rings. The summed E-state index contributed by atoms with van der Waals surface area (Å²) in [6.07, 6.45) is 0.800. The number of benzene rings is 2. The molecule has 0 radical (unpaired) electrons. The monoisotopic (exact) mass is 422 g/mol. The first kappa shape index (κ1) is 22.5. The third-order valence-electron chi connectivity index (χ3n) is 3.86. The van der Waals surface area contributed by atoms with Gasteiger partial charge in [0.15, 0.2) is 11.5 Å². The van der Waals surface area contributed by atoms with Gasteiger partial charge >= 0.3 is 0 Å². The van der Waals surface area contributed by atoms with Crippen LogP contribution in [0.4, 0.5) is 10.1 Å². The number of carbonyl (C=O) groups is 2. The van der Waals surface area contributed by atoms with Crippen molar-refractivity contribution in [1.29, 1.82) is 0 Å². The fourth-order valence-electron chi connectivity index (χ4n) is 2.54. The van der Waals surface area contributed by atoms with Crippen molar-refractivity contribution in [2.45, 2.75) is 20.3 Å². The van der Waals surface area contributed by atoms with Crippen LogP contribution < -0.4 is 14.8 Å². The lowest BCUT2D eigenvalue weighted by atomic mass is 10.1. The summed E-state index contributed by atoms with van der Waals surface area (Å²) in [6, 6.07) is 8.41. The predicted molar refractivity (Wildman–Crippen MR) is 110 cm³/mol. The van der Waals surface area contributed by atoms with E-state index < -0.39 is 17.6 Å². The lowest BCUT2D eigenvalue weighted by Gasteiger charge is -2.19. The van der Waals surface area contributed by atoms with E-state index in [1.807, 2.05) is 13.8 Å². The molecule has 0 spiro atoms. The third kappa shape index (κ3) is 6.35. The summed E-state index contributed by atoms with van der Waals surface area (Å²) in [5, 5.41) is 2.87. The molecule has 0 unspecified atom stereocenters. The Morgan fingerprint density at radius 3 is 2.45 bits per heavy atom. The van der Waals surface area contributed by atoms with E-state index in [0.29, 0.717) is 30.4 Å². The Kier molecular flexibility index (Phi) is 8.27. The molecule has 0 saturated heterocycles. The number of hydrogen-bond donors (Lipinski definition) is 1. The minimum absolute atomic E-state index is 0.189. The van der Waals surface area contributed by atoms with Crippen LogP contribution in [0, 0.1) is 5.82 Å². The molecule has 156 valence electrons. The summed E-state index contributed by atoms with van der Waals surface area (Å²) < 4.78 is 24.1. The molecule has 0 aromatic heterocycles. The number of hydrogen-bond acceptors (Lipinski definition) is 4. The maximum absolute atomic E-state index is 12.9. The van der Waals surface area contributed by atoms with E-state index in [0.717, 1.165) is 6.42 Å². The standard InChI is InChI=1S/C21H24ClFN2O4/c1-4-10-29-20-17(22)11-14(12-18(20)28-5-2)21(27)25(3)13-19(26)24-16-8-6-15(23)7-9-16/h6-9,11-12H,4-5,10,13H2,1-3H3,(H,24,26). The zero-order valence-electron chi connectivity index (χ0n) is 16.6. The van der Waals surface area contributed by atoms with Gasteiger partial charge in [0.2, 0.25) is 5.91 Å². The molecule has 0 atom stereocenters. The maximum Gasteiger partial charge on any atom is 0.254 e. The summed E-state index contributed by atoms with van der Waals surface area (Å²) >= 11 is 6.29. The number of amides is 2. The summed E-state index contributed by atoms with van der Waals surface area (Å²) in [7, 11) is 1.50. The van der Waals surface area contributed by atoms with Gasteiger partial charge in [0.1, 0.15) is 5.82 Å². The first-order valence-corrected chi connectivity index (χ1v) is 9.63. The summed E-state index contributed by atoms with van der Waals surface area (Å²) in [4.78, 5) is 26.2. The second-order valence-electron chi connectivity index (χ2n) is 6.28. The normalized spacial score (nSPS) is 10.4. The molecule has 0 aliphatic heterocycles. The van der Waals surface area contributed by atoms with Crippen LogP contribution in [-0.2, 0) is 4.79 Å². The van der Waals surface area contributed by atoms with Crippen LogP contribution in [0.1, 0.15) is 30.6 Å². The largest absolute Gasteiger partial charge is 0.490 e. The van der Waals surface area contributed by atoms with Crippen molar-refractivity contribution in [1.82, 2.24) is 4.90 Å². The molecular formula is C21H24ClFN2O4. The number of nitrogens with one attached hydrogen (secondary N) is 1. The van der Waals surface area contributed by atoms with Crippen LogP contribution >= 0.6 is 11.6 Å². The van der Waals surface area contributed by atoms with Gasteiger partial charge in [-0.15, -0.1) is 0 Å². The first-order valence-electron chi connectivity index (χ1n) is 9.25. The van der Waals surface area contributed by atoms with E-state index in [2.05, 4.69) is 5.32 Å². The van der Waals surface area contributed by atoms with Gasteiger partial charge < -0.3 is 19.7 Å². The van der Waals surface area contributed by atoms with E-state index in [9.17, 15) is 14.0 Å². The minimum Gasteiger partial charge on any atom is -0.490 e. The minimum atomic E-state index is -0.411. The Labute approximate surface area is 174 Å². The number of anilines is 1. The summed E-state index contributed by atoms with van der Waals surface area (Å²) in [6.45, 7) is 4.45. The molecule has 0 fully saturated rings. The second kappa shape index (κ2) is 10.7. The van der Waals surface area contributed by atoms with Gasteiger partial charge in [-0.1, -0.05) is 18.5 Å². The van der Waals surface area contributed by atoms with Crippen molar-refractivity contribution >= 4 is 29.1 Å². The maximum atomic E-state index is 12.9. The summed E-state index contributed by atoms with van der Waals surface area (Å²) in [5.41, 5.74) is 0.718. The van der Waals surface area contributed by atoms with E-state index >= 15 is 0 Å². The van der Waals surface area contributed by atoms with E-state index in [4.69, 9.17) is 21.1 Å².